The Bertz CT molecular complexity index is 573. The zero-order valence-corrected chi connectivity index (χ0v) is 12.5. The van der Waals surface area contributed by atoms with E-state index in [-0.39, 0.29) is 11.1 Å². The Morgan fingerprint density at radius 1 is 1.48 bits per heavy atom. The van der Waals surface area contributed by atoms with Gasteiger partial charge >= 0.3 is 0 Å². The Morgan fingerprint density at radius 3 is 2.90 bits per heavy atom. The van der Waals surface area contributed by atoms with Gasteiger partial charge in [0.1, 0.15) is 5.75 Å². The minimum absolute atomic E-state index is 0.0346. The largest absolute Gasteiger partial charge is 0.494 e. The van der Waals surface area contributed by atoms with E-state index in [4.69, 9.17) is 9.47 Å². The molecule has 0 amide bonds. The summed E-state index contributed by atoms with van der Waals surface area (Å²) in [5.41, 5.74) is 0.882. The molecular formula is C15H20N2O4. The lowest BCUT2D eigenvalue weighted by atomic mass is 9.57. The Kier molecular flexibility index (Phi) is 3.28. The monoisotopic (exact) mass is 292 g/mol. The van der Waals surface area contributed by atoms with Crippen LogP contribution in [0.5, 0.6) is 5.75 Å². The molecule has 1 heterocycles. The average molecular weight is 292 g/mol. The molecule has 114 valence electrons. The van der Waals surface area contributed by atoms with Gasteiger partial charge in [0, 0.05) is 30.0 Å². The van der Waals surface area contributed by atoms with E-state index in [0.29, 0.717) is 23.8 Å². The van der Waals surface area contributed by atoms with Crippen LogP contribution in [-0.2, 0) is 4.74 Å². The van der Waals surface area contributed by atoms with Gasteiger partial charge in [-0.1, -0.05) is 13.8 Å². The second-order valence-electron chi connectivity index (χ2n) is 6.33. The van der Waals surface area contributed by atoms with Crippen LogP contribution < -0.4 is 10.1 Å². The van der Waals surface area contributed by atoms with Crippen LogP contribution in [-0.4, -0.2) is 30.8 Å². The predicted octanol–water partition coefficient (Wildman–Crippen LogP) is 2.83. The number of methoxy groups -OCH3 is 1. The van der Waals surface area contributed by atoms with Crippen LogP contribution in [0.25, 0.3) is 0 Å². The fourth-order valence-electron chi connectivity index (χ4n) is 3.70. The molecule has 6 nitrogen and oxygen atoms in total. The van der Waals surface area contributed by atoms with Crippen molar-refractivity contribution in [2.75, 3.05) is 19.0 Å². The van der Waals surface area contributed by atoms with Gasteiger partial charge in [-0.2, -0.15) is 0 Å². The fourth-order valence-corrected chi connectivity index (χ4v) is 3.70. The topological polar surface area (TPSA) is 73.6 Å². The number of fused-ring (bicyclic) bond motifs is 1. The number of nitrogens with zero attached hydrogens (tertiary/aromatic N) is 1. The summed E-state index contributed by atoms with van der Waals surface area (Å²) >= 11 is 0. The highest BCUT2D eigenvalue weighted by atomic mass is 16.6. The maximum atomic E-state index is 10.8. The number of ether oxygens (including phenoxy) is 2. The smallest absolute Gasteiger partial charge is 0.273 e. The van der Waals surface area contributed by atoms with Crippen molar-refractivity contribution >= 4 is 11.4 Å². The molecule has 0 spiro atoms. The molecule has 1 aliphatic carbocycles. The van der Waals surface area contributed by atoms with Crippen molar-refractivity contribution in [3.63, 3.8) is 0 Å². The van der Waals surface area contributed by atoms with Crippen molar-refractivity contribution in [1.29, 1.82) is 0 Å². The van der Waals surface area contributed by atoms with Crippen LogP contribution in [0.1, 0.15) is 20.3 Å². The number of anilines is 1. The van der Waals surface area contributed by atoms with Gasteiger partial charge in [-0.25, -0.2) is 0 Å². The molecule has 0 radical (unpaired) electrons. The second kappa shape index (κ2) is 4.87. The highest BCUT2D eigenvalue weighted by Gasteiger charge is 2.59. The van der Waals surface area contributed by atoms with Crippen molar-refractivity contribution in [2.45, 2.75) is 32.4 Å². The van der Waals surface area contributed by atoms with Crippen LogP contribution in [0, 0.1) is 21.4 Å². The second-order valence-corrected chi connectivity index (χ2v) is 6.33. The summed E-state index contributed by atoms with van der Waals surface area (Å²) < 4.78 is 11.1. The normalized spacial score (nSPS) is 29.4. The standard InChI is InChI=1S/C15H20N2O4/c1-15(2)13(10-6-7-21-14(10)15)16-11-5-4-9(17(18)19)8-12(11)20-3/h4-5,8,10,13-14,16H,6-7H2,1-3H3. The summed E-state index contributed by atoms with van der Waals surface area (Å²) in [6.45, 7) is 5.19. The molecule has 1 saturated carbocycles. The summed E-state index contributed by atoms with van der Waals surface area (Å²) in [5, 5.41) is 14.3. The molecule has 3 rings (SSSR count). The number of nitro benzene ring substituents is 1. The predicted molar refractivity (Wildman–Crippen MR) is 78.7 cm³/mol. The van der Waals surface area contributed by atoms with E-state index in [1.54, 1.807) is 6.07 Å². The van der Waals surface area contributed by atoms with E-state index >= 15 is 0 Å². The zero-order valence-electron chi connectivity index (χ0n) is 12.5. The highest BCUT2D eigenvalue weighted by molar-refractivity contribution is 5.62. The maximum Gasteiger partial charge on any atom is 0.273 e. The van der Waals surface area contributed by atoms with Crippen LogP contribution in [0.4, 0.5) is 11.4 Å². The molecule has 1 N–H and O–H groups in total. The number of nitrogens with one attached hydrogen (secondary N) is 1. The molecular weight excluding hydrogens is 272 g/mol. The van der Waals surface area contributed by atoms with Crippen LogP contribution in [0.15, 0.2) is 18.2 Å². The molecule has 21 heavy (non-hydrogen) atoms. The first-order chi connectivity index (χ1) is 9.95. The van der Waals surface area contributed by atoms with E-state index in [0.717, 1.165) is 18.7 Å². The van der Waals surface area contributed by atoms with Crippen LogP contribution in [0.2, 0.25) is 0 Å². The van der Waals surface area contributed by atoms with E-state index in [2.05, 4.69) is 19.2 Å². The summed E-state index contributed by atoms with van der Waals surface area (Å²) in [6.07, 6.45) is 1.36. The van der Waals surface area contributed by atoms with E-state index in [1.165, 1.54) is 19.2 Å². The minimum atomic E-state index is -0.416. The molecule has 3 atom stereocenters. The van der Waals surface area contributed by atoms with Crippen molar-refractivity contribution in [2.24, 2.45) is 11.3 Å². The summed E-state index contributed by atoms with van der Waals surface area (Å²) in [5.74, 6) is 1.00. The van der Waals surface area contributed by atoms with Crippen molar-refractivity contribution in [3.05, 3.63) is 28.3 Å². The third-order valence-electron chi connectivity index (χ3n) is 4.81. The van der Waals surface area contributed by atoms with Gasteiger partial charge < -0.3 is 14.8 Å². The fraction of sp³-hybridized carbons (Fsp3) is 0.600. The van der Waals surface area contributed by atoms with Gasteiger partial charge in [0.25, 0.3) is 5.69 Å². The number of hydrogen-bond donors (Lipinski definition) is 1. The number of benzene rings is 1. The number of non-ortho nitro benzene ring substituents is 1. The van der Waals surface area contributed by atoms with Crippen LogP contribution >= 0.6 is 0 Å². The molecule has 2 aliphatic rings. The maximum absolute atomic E-state index is 10.8. The van der Waals surface area contributed by atoms with E-state index in [1.807, 2.05) is 0 Å². The van der Waals surface area contributed by atoms with Gasteiger partial charge in [-0.05, 0) is 12.5 Å². The lowest BCUT2D eigenvalue weighted by molar-refractivity contribution is -0.384. The third-order valence-corrected chi connectivity index (χ3v) is 4.81. The Hall–Kier alpha value is -1.82. The van der Waals surface area contributed by atoms with E-state index < -0.39 is 4.92 Å². The Balaban J connectivity index is 1.83. The SMILES string of the molecule is COc1cc([N+](=O)[O-])ccc1NC1C2CCOC2C1(C)C. The summed E-state index contributed by atoms with van der Waals surface area (Å²) in [4.78, 5) is 10.4. The lowest BCUT2D eigenvalue weighted by Crippen LogP contribution is -2.63. The van der Waals surface area contributed by atoms with Crippen molar-refractivity contribution < 1.29 is 14.4 Å². The first-order valence-corrected chi connectivity index (χ1v) is 7.15. The molecule has 0 bridgehead atoms. The first-order valence-electron chi connectivity index (χ1n) is 7.15. The lowest BCUT2D eigenvalue weighted by Gasteiger charge is -2.55. The first kappa shape index (κ1) is 14.1. The summed E-state index contributed by atoms with van der Waals surface area (Å²) in [7, 11) is 1.53. The molecule has 0 aromatic heterocycles. The zero-order chi connectivity index (χ0) is 15.2. The van der Waals surface area contributed by atoms with Gasteiger partial charge in [0.05, 0.1) is 29.9 Å². The van der Waals surface area contributed by atoms with E-state index in [9.17, 15) is 10.1 Å². The molecule has 1 saturated heterocycles. The van der Waals surface area contributed by atoms with Gasteiger partial charge in [-0.3, -0.25) is 10.1 Å². The Morgan fingerprint density at radius 2 is 2.24 bits per heavy atom. The molecule has 1 aliphatic heterocycles. The van der Waals surface area contributed by atoms with Gasteiger partial charge in [0.2, 0.25) is 0 Å². The molecule has 3 unspecified atom stereocenters. The quantitative estimate of drug-likeness (QED) is 0.682. The van der Waals surface area contributed by atoms with Crippen molar-refractivity contribution in [3.8, 4) is 5.75 Å². The van der Waals surface area contributed by atoms with Crippen molar-refractivity contribution in [1.82, 2.24) is 0 Å². The minimum Gasteiger partial charge on any atom is -0.494 e. The molecule has 2 fully saturated rings. The van der Waals surface area contributed by atoms with Gasteiger partial charge in [0.15, 0.2) is 0 Å². The number of nitro groups is 1. The van der Waals surface area contributed by atoms with Crippen LogP contribution in [0.3, 0.4) is 0 Å². The highest BCUT2D eigenvalue weighted by Crippen LogP contribution is 2.53. The van der Waals surface area contributed by atoms with Gasteiger partial charge in [-0.15, -0.1) is 0 Å². The number of hydrogen-bond acceptors (Lipinski definition) is 5. The molecule has 1 aromatic rings. The summed E-state index contributed by atoms with van der Waals surface area (Å²) in [6, 6.07) is 4.96. The molecule has 1 aromatic carbocycles. The molecule has 6 heteroatoms. The average Bonchev–Trinajstić information content (AvgIpc) is 2.91. The Labute approximate surface area is 123 Å². The third kappa shape index (κ3) is 2.14. The number of rotatable bonds is 4.